The maximum Gasteiger partial charge on any atom is 0.233 e. The maximum atomic E-state index is 14.0. The minimum absolute atomic E-state index is 0.216. The minimum Gasteiger partial charge on any atom is -0.347 e. The molecule has 44 heavy (non-hydrogen) atoms. The van der Waals surface area contributed by atoms with Gasteiger partial charge in [-0.15, -0.1) is 0 Å². The van der Waals surface area contributed by atoms with Crippen LogP contribution in [0.4, 0.5) is 51.2 Å². The van der Waals surface area contributed by atoms with E-state index in [1.807, 2.05) is 30.3 Å². The molecule has 0 saturated carbocycles. The van der Waals surface area contributed by atoms with Crippen LogP contribution in [-0.4, -0.2) is 62.5 Å². The van der Waals surface area contributed by atoms with Gasteiger partial charge in [0.25, 0.3) is 0 Å². The Labute approximate surface area is 257 Å². The molecule has 0 fully saturated rings. The fourth-order valence-corrected chi connectivity index (χ4v) is 3.12. The van der Waals surface area contributed by atoms with Gasteiger partial charge in [0.1, 0.15) is 0 Å². The van der Waals surface area contributed by atoms with Crippen LogP contribution >= 0.6 is 0 Å². The Hall–Kier alpha value is -4.24. The average Bonchev–Trinajstić information content (AvgIpc) is 2.95. The van der Waals surface area contributed by atoms with Crippen LogP contribution < -0.4 is 15.5 Å². The smallest absolute Gasteiger partial charge is 0.233 e. The Morgan fingerprint density at radius 2 is 1.09 bits per heavy atom. The SMILES string of the molecule is CN(C)c1nc(Nc2ccccc2)nc(Nc2cccc(/C=C/c3c(F)c(F)c(F)c(F)c3F)c2)n1.CS(C)=O.CS(C)=O. The first-order valence-corrected chi connectivity index (χ1v) is 16.4. The standard InChI is InChI=1S/C25H19F5N6.2C2H6OS/c1-36(2)25-34-23(31-15-8-4-3-5-9-15)33-24(35-25)32-16-10-6-7-14(13-16)11-12-17-18(26)20(28)22(30)21(29)19(17)27;2*1-4(2)3/h3-13H,1-2H3,(H2,31,32,33,34,35);2*1-2H3/b12-11+;;. The van der Waals surface area contributed by atoms with E-state index in [1.165, 1.54) is 6.08 Å². The lowest BCUT2D eigenvalue weighted by Crippen LogP contribution is -2.15. The van der Waals surface area contributed by atoms with Crippen molar-refractivity contribution in [1.82, 2.24) is 15.0 Å². The summed E-state index contributed by atoms with van der Waals surface area (Å²) < 4.78 is 87.2. The van der Waals surface area contributed by atoms with Crippen molar-refractivity contribution in [3.05, 3.63) is 94.8 Å². The Bertz CT molecular complexity index is 1590. The summed E-state index contributed by atoms with van der Waals surface area (Å²) in [4.78, 5) is 14.8. The van der Waals surface area contributed by atoms with Gasteiger partial charge in [0, 0.05) is 72.1 Å². The number of para-hydroxylation sites is 1. The fraction of sp³-hybridized carbons (Fsp3) is 0.207. The minimum atomic E-state index is -2.20. The fourth-order valence-electron chi connectivity index (χ4n) is 3.12. The first-order chi connectivity index (χ1) is 20.7. The quantitative estimate of drug-likeness (QED) is 0.104. The first kappa shape index (κ1) is 36.0. The summed E-state index contributed by atoms with van der Waals surface area (Å²) in [6, 6.07) is 15.8. The maximum absolute atomic E-state index is 14.0. The van der Waals surface area contributed by atoms with Crippen LogP contribution in [0.15, 0.2) is 54.6 Å². The highest BCUT2D eigenvalue weighted by Crippen LogP contribution is 2.26. The van der Waals surface area contributed by atoms with Gasteiger partial charge >= 0.3 is 0 Å². The molecule has 0 unspecified atom stereocenters. The summed E-state index contributed by atoms with van der Waals surface area (Å²) in [7, 11) is 2.33. The van der Waals surface area contributed by atoms with Crippen LogP contribution in [0.5, 0.6) is 0 Å². The number of nitrogens with one attached hydrogen (secondary N) is 2. The number of nitrogens with zero attached hydrogens (tertiary/aromatic N) is 4. The second-order valence-corrected chi connectivity index (χ2v) is 12.2. The number of anilines is 5. The van der Waals surface area contributed by atoms with E-state index < -0.39 is 56.2 Å². The molecule has 0 bridgehead atoms. The van der Waals surface area contributed by atoms with Crippen molar-refractivity contribution < 1.29 is 30.4 Å². The molecule has 1 aromatic heterocycles. The number of hydrogen-bond donors (Lipinski definition) is 2. The van der Waals surface area contributed by atoms with E-state index in [0.717, 1.165) is 11.8 Å². The largest absolute Gasteiger partial charge is 0.347 e. The molecule has 3 aromatic carbocycles. The van der Waals surface area contributed by atoms with Crippen molar-refractivity contribution in [2.45, 2.75) is 0 Å². The molecule has 0 radical (unpaired) electrons. The van der Waals surface area contributed by atoms with Gasteiger partial charge in [-0.3, -0.25) is 8.42 Å². The lowest BCUT2D eigenvalue weighted by atomic mass is 10.1. The monoisotopic (exact) mass is 654 g/mol. The average molecular weight is 655 g/mol. The lowest BCUT2D eigenvalue weighted by molar-refractivity contribution is 0.377. The van der Waals surface area contributed by atoms with E-state index in [0.29, 0.717) is 23.1 Å². The van der Waals surface area contributed by atoms with E-state index in [-0.39, 0.29) is 5.95 Å². The highest BCUT2D eigenvalue weighted by atomic mass is 32.2. The normalized spacial score (nSPS) is 10.7. The van der Waals surface area contributed by atoms with Gasteiger partial charge in [-0.25, -0.2) is 22.0 Å². The van der Waals surface area contributed by atoms with Crippen molar-refractivity contribution in [2.75, 3.05) is 54.7 Å². The number of rotatable bonds is 7. The summed E-state index contributed by atoms with van der Waals surface area (Å²) in [5, 5.41) is 6.13. The molecule has 0 amide bonds. The van der Waals surface area contributed by atoms with Gasteiger partial charge in [0.15, 0.2) is 23.3 Å². The molecule has 0 spiro atoms. The molecule has 2 N–H and O–H groups in total. The van der Waals surface area contributed by atoms with Gasteiger partial charge in [-0.05, 0) is 35.9 Å². The molecular weight excluding hydrogens is 623 g/mol. The third-order valence-electron chi connectivity index (χ3n) is 4.88. The third kappa shape index (κ3) is 11.4. The molecule has 4 rings (SSSR count). The number of benzene rings is 3. The molecule has 0 aliphatic heterocycles. The predicted octanol–water partition coefficient (Wildman–Crippen LogP) is 6.28. The second-order valence-electron chi connectivity index (χ2n) is 9.22. The highest BCUT2D eigenvalue weighted by molar-refractivity contribution is 7.83. The molecule has 1 heterocycles. The van der Waals surface area contributed by atoms with Crippen LogP contribution in [0.25, 0.3) is 12.2 Å². The van der Waals surface area contributed by atoms with Crippen molar-refractivity contribution >= 4 is 63.0 Å². The summed E-state index contributed by atoms with van der Waals surface area (Å²) in [5.74, 6) is -9.13. The molecule has 15 heteroatoms. The Balaban J connectivity index is 0.000000754. The van der Waals surface area contributed by atoms with Gasteiger partial charge in [-0.2, -0.15) is 15.0 Å². The van der Waals surface area contributed by atoms with Crippen LogP contribution in [0.3, 0.4) is 0 Å². The molecule has 0 saturated heterocycles. The van der Waals surface area contributed by atoms with Crippen LogP contribution in [0.1, 0.15) is 11.1 Å². The van der Waals surface area contributed by atoms with Crippen molar-refractivity contribution in [3.8, 4) is 0 Å². The van der Waals surface area contributed by atoms with Gasteiger partial charge in [0.05, 0.1) is 5.56 Å². The van der Waals surface area contributed by atoms with Crippen LogP contribution in [0, 0.1) is 29.1 Å². The van der Waals surface area contributed by atoms with E-state index >= 15 is 0 Å². The van der Waals surface area contributed by atoms with E-state index in [9.17, 15) is 30.4 Å². The zero-order chi connectivity index (χ0) is 33.0. The molecule has 0 aliphatic carbocycles. The van der Waals surface area contributed by atoms with Crippen molar-refractivity contribution in [1.29, 1.82) is 0 Å². The summed E-state index contributed by atoms with van der Waals surface area (Å²) >= 11 is 0. The Morgan fingerprint density at radius 1 is 0.636 bits per heavy atom. The highest BCUT2D eigenvalue weighted by Gasteiger charge is 2.24. The van der Waals surface area contributed by atoms with E-state index in [1.54, 1.807) is 68.3 Å². The van der Waals surface area contributed by atoms with Gasteiger partial charge < -0.3 is 15.5 Å². The third-order valence-corrected chi connectivity index (χ3v) is 4.88. The van der Waals surface area contributed by atoms with Crippen molar-refractivity contribution in [2.24, 2.45) is 0 Å². The molecule has 8 nitrogen and oxygen atoms in total. The van der Waals surface area contributed by atoms with Gasteiger partial charge in [-0.1, -0.05) is 36.4 Å². The number of halogens is 5. The van der Waals surface area contributed by atoms with Gasteiger partial charge in [0.2, 0.25) is 23.7 Å². The van der Waals surface area contributed by atoms with Crippen LogP contribution in [0.2, 0.25) is 0 Å². The first-order valence-electron chi connectivity index (χ1n) is 12.5. The number of hydrogen-bond acceptors (Lipinski definition) is 8. The summed E-state index contributed by atoms with van der Waals surface area (Å²) in [6.07, 6.45) is 8.61. The van der Waals surface area contributed by atoms with Crippen LogP contribution in [-0.2, 0) is 21.6 Å². The molecule has 236 valence electrons. The Kier molecular flexibility index (Phi) is 14.0. The van der Waals surface area contributed by atoms with E-state index in [4.69, 9.17) is 0 Å². The topological polar surface area (TPSA) is 100 Å². The van der Waals surface area contributed by atoms with Crippen molar-refractivity contribution in [3.63, 3.8) is 0 Å². The second kappa shape index (κ2) is 17.2. The lowest BCUT2D eigenvalue weighted by Gasteiger charge is -2.14. The molecule has 0 aliphatic rings. The summed E-state index contributed by atoms with van der Waals surface area (Å²) in [5.41, 5.74) is 0.679. The number of aromatic nitrogens is 3. The predicted molar refractivity (Wildman–Crippen MR) is 169 cm³/mol. The molecular formula is C29H31F5N6O2S2. The van der Waals surface area contributed by atoms with E-state index in [2.05, 4.69) is 25.6 Å². The zero-order valence-electron chi connectivity index (χ0n) is 24.7. The zero-order valence-corrected chi connectivity index (χ0v) is 26.3. The summed E-state index contributed by atoms with van der Waals surface area (Å²) in [6.45, 7) is 0. The molecule has 4 aromatic rings. The molecule has 0 atom stereocenters. The Morgan fingerprint density at radius 3 is 1.59 bits per heavy atom.